The molecule has 0 saturated carbocycles. The van der Waals surface area contributed by atoms with Crippen LogP contribution in [0, 0.1) is 0 Å². The summed E-state index contributed by atoms with van der Waals surface area (Å²) in [6.07, 6.45) is 3.53. The van der Waals surface area contributed by atoms with Crippen LogP contribution in [-0.4, -0.2) is 28.5 Å². The lowest BCUT2D eigenvalue weighted by atomic mass is 10.0. The molecule has 21 heavy (non-hydrogen) atoms. The largest absolute Gasteiger partial charge is 0.478 e. The lowest BCUT2D eigenvalue weighted by molar-refractivity contribution is 0.0695. The second-order valence-electron chi connectivity index (χ2n) is 4.36. The van der Waals surface area contributed by atoms with Gasteiger partial charge in [-0.1, -0.05) is 18.2 Å². The van der Waals surface area contributed by atoms with Crippen molar-refractivity contribution >= 4 is 27.8 Å². The monoisotopic (exact) mass is 348 g/mol. The number of nitrogens with zero attached hydrogens (tertiary/aromatic N) is 1. The standard InChI is InChI=1S/C15H13BrN2O3/c16-12-7-11(8-17-9-12)14(19)18-6-5-10-3-1-2-4-13(10)15(20)21/h1-4,7-9H,5-6H2,(H,18,19)(H,20,21). The Morgan fingerprint density at radius 1 is 1.24 bits per heavy atom. The van der Waals surface area contributed by atoms with E-state index in [-0.39, 0.29) is 11.5 Å². The summed E-state index contributed by atoms with van der Waals surface area (Å²) in [5.41, 5.74) is 1.41. The molecule has 2 N–H and O–H groups in total. The van der Waals surface area contributed by atoms with Gasteiger partial charge in [-0.25, -0.2) is 4.79 Å². The van der Waals surface area contributed by atoms with Crippen molar-refractivity contribution in [3.05, 3.63) is 63.9 Å². The molecule has 0 bridgehead atoms. The summed E-state index contributed by atoms with van der Waals surface area (Å²) in [6, 6.07) is 8.43. The second-order valence-corrected chi connectivity index (χ2v) is 5.28. The number of carbonyl (C=O) groups excluding carboxylic acids is 1. The van der Waals surface area contributed by atoms with Crippen molar-refractivity contribution in [3.63, 3.8) is 0 Å². The van der Waals surface area contributed by atoms with Gasteiger partial charge in [0.2, 0.25) is 0 Å². The zero-order valence-corrected chi connectivity index (χ0v) is 12.6. The molecule has 108 valence electrons. The maximum Gasteiger partial charge on any atom is 0.335 e. The Morgan fingerprint density at radius 3 is 2.71 bits per heavy atom. The molecule has 0 aliphatic carbocycles. The Kier molecular flexibility index (Phi) is 5.05. The highest BCUT2D eigenvalue weighted by atomic mass is 79.9. The number of aromatic nitrogens is 1. The van der Waals surface area contributed by atoms with E-state index in [1.165, 1.54) is 6.20 Å². The van der Waals surface area contributed by atoms with Gasteiger partial charge in [0.1, 0.15) is 0 Å². The van der Waals surface area contributed by atoms with E-state index in [1.54, 1.807) is 36.5 Å². The number of halogens is 1. The van der Waals surface area contributed by atoms with Crippen molar-refractivity contribution in [3.8, 4) is 0 Å². The van der Waals surface area contributed by atoms with Crippen LogP contribution in [0.5, 0.6) is 0 Å². The van der Waals surface area contributed by atoms with Crippen LogP contribution in [0.1, 0.15) is 26.3 Å². The van der Waals surface area contributed by atoms with Crippen LogP contribution >= 0.6 is 15.9 Å². The second kappa shape index (κ2) is 6.99. The summed E-state index contributed by atoms with van der Waals surface area (Å²) in [7, 11) is 0. The summed E-state index contributed by atoms with van der Waals surface area (Å²) in [5.74, 6) is -1.20. The molecule has 2 aromatic rings. The number of nitrogens with one attached hydrogen (secondary N) is 1. The van der Waals surface area contributed by atoms with E-state index < -0.39 is 5.97 Å². The Labute approximate surface area is 130 Å². The number of amides is 1. The highest BCUT2D eigenvalue weighted by Gasteiger charge is 2.10. The van der Waals surface area contributed by atoms with Gasteiger partial charge in [-0.15, -0.1) is 0 Å². The lowest BCUT2D eigenvalue weighted by Gasteiger charge is -2.07. The first-order valence-corrected chi connectivity index (χ1v) is 7.07. The third-order valence-corrected chi connectivity index (χ3v) is 3.33. The van der Waals surface area contributed by atoms with Crippen molar-refractivity contribution < 1.29 is 14.7 Å². The summed E-state index contributed by atoms with van der Waals surface area (Å²) < 4.78 is 0.728. The molecule has 0 saturated heterocycles. The summed E-state index contributed by atoms with van der Waals surface area (Å²) in [4.78, 5) is 26.9. The molecule has 2 rings (SSSR count). The number of hydrogen-bond acceptors (Lipinski definition) is 3. The molecule has 0 unspecified atom stereocenters. The van der Waals surface area contributed by atoms with Crippen molar-refractivity contribution in [1.29, 1.82) is 0 Å². The fourth-order valence-electron chi connectivity index (χ4n) is 1.90. The predicted octanol–water partition coefficient (Wildman–Crippen LogP) is 2.51. The Balaban J connectivity index is 1.96. The topological polar surface area (TPSA) is 79.3 Å². The van der Waals surface area contributed by atoms with Crippen molar-refractivity contribution in [2.24, 2.45) is 0 Å². The Morgan fingerprint density at radius 2 is 2.00 bits per heavy atom. The Bertz CT molecular complexity index is 673. The number of hydrogen-bond donors (Lipinski definition) is 2. The number of benzene rings is 1. The molecule has 1 heterocycles. The van der Waals surface area contributed by atoms with E-state index in [4.69, 9.17) is 5.11 Å². The van der Waals surface area contributed by atoms with E-state index in [2.05, 4.69) is 26.2 Å². The molecule has 0 fully saturated rings. The van der Waals surface area contributed by atoms with Gasteiger partial charge >= 0.3 is 5.97 Å². The molecule has 5 nitrogen and oxygen atoms in total. The normalized spacial score (nSPS) is 10.1. The van der Waals surface area contributed by atoms with Gasteiger partial charge in [-0.05, 0) is 40.0 Å². The molecular weight excluding hydrogens is 336 g/mol. The smallest absolute Gasteiger partial charge is 0.335 e. The van der Waals surface area contributed by atoms with Gasteiger partial charge in [0, 0.05) is 23.4 Å². The highest BCUT2D eigenvalue weighted by Crippen LogP contribution is 2.10. The van der Waals surface area contributed by atoms with Crippen molar-refractivity contribution in [2.45, 2.75) is 6.42 Å². The summed E-state index contributed by atoms with van der Waals surface area (Å²) >= 11 is 3.25. The molecule has 1 aromatic heterocycles. The number of pyridine rings is 1. The van der Waals surface area contributed by atoms with Crippen LogP contribution in [0.25, 0.3) is 0 Å². The molecule has 0 aliphatic heterocycles. The third kappa shape index (κ3) is 4.13. The fraction of sp³-hybridized carbons (Fsp3) is 0.133. The van der Waals surface area contributed by atoms with Gasteiger partial charge < -0.3 is 10.4 Å². The van der Waals surface area contributed by atoms with E-state index in [0.717, 1.165) is 4.47 Å². The molecule has 0 spiro atoms. The first-order valence-electron chi connectivity index (χ1n) is 6.28. The van der Waals surface area contributed by atoms with Crippen LogP contribution < -0.4 is 5.32 Å². The minimum absolute atomic E-state index is 0.239. The zero-order valence-electron chi connectivity index (χ0n) is 11.0. The number of carbonyl (C=O) groups is 2. The van der Waals surface area contributed by atoms with E-state index in [1.807, 2.05) is 0 Å². The van der Waals surface area contributed by atoms with Gasteiger partial charge in [-0.2, -0.15) is 0 Å². The van der Waals surface area contributed by atoms with Crippen molar-refractivity contribution in [1.82, 2.24) is 10.3 Å². The number of carboxylic acid groups (broad SMARTS) is 1. The molecule has 6 heteroatoms. The van der Waals surface area contributed by atoms with Gasteiger partial charge in [0.05, 0.1) is 11.1 Å². The maximum atomic E-state index is 11.9. The van der Waals surface area contributed by atoms with E-state index in [0.29, 0.717) is 24.1 Å². The van der Waals surface area contributed by atoms with Crippen LogP contribution in [-0.2, 0) is 6.42 Å². The van der Waals surface area contributed by atoms with Crippen LogP contribution in [0.15, 0.2) is 47.2 Å². The summed E-state index contributed by atoms with van der Waals surface area (Å²) in [6.45, 7) is 0.357. The molecular formula is C15H13BrN2O3. The molecule has 1 aromatic carbocycles. The quantitative estimate of drug-likeness (QED) is 0.869. The molecule has 0 aliphatic rings. The van der Waals surface area contributed by atoms with Crippen LogP contribution in [0.3, 0.4) is 0 Å². The minimum Gasteiger partial charge on any atom is -0.478 e. The predicted molar refractivity (Wildman–Crippen MR) is 81.4 cm³/mol. The number of rotatable bonds is 5. The number of carboxylic acids is 1. The fourth-order valence-corrected chi connectivity index (χ4v) is 2.26. The minimum atomic E-state index is -0.965. The van der Waals surface area contributed by atoms with Crippen LogP contribution in [0.2, 0.25) is 0 Å². The first-order chi connectivity index (χ1) is 10.1. The highest BCUT2D eigenvalue weighted by molar-refractivity contribution is 9.10. The average Bonchev–Trinajstić information content (AvgIpc) is 2.47. The maximum absolute atomic E-state index is 11.9. The van der Waals surface area contributed by atoms with Crippen LogP contribution in [0.4, 0.5) is 0 Å². The van der Waals surface area contributed by atoms with Gasteiger partial charge in [0.15, 0.2) is 0 Å². The van der Waals surface area contributed by atoms with E-state index in [9.17, 15) is 9.59 Å². The lowest BCUT2D eigenvalue weighted by Crippen LogP contribution is -2.26. The molecule has 0 atom stereocenters. The zero-order chi connectivity index (χ0) is 15.2. The molecule has 1 amide bonds. The van der Waals surface area contributed by atoms with Gasteiger partial charge in [-0.3, -0.25) is 9.78 Å². The SMILES string of the molecule is O=C(NCCc1ccccc1C(=O)O)c1cncc(Br)c1. The van der Waals surface area contributed by atoms with Crippen molar-refractivity contribution in [2.75, 3.05) is 6.54 Å². The number of aromatic carboxylic acids is 1. The Hall–Kier alpha value is -2.21. The molecule has 0 radical (unpaired) electrons. The van der Waals surface area contributed by atoms with Gasteiger partial charge in [0.25, 0.3) is 5.91 Å². The van der Waals surface area contributed by atoms with E-state index >= 15 is 0 Å². The third-order valence-electron chi connectivity index (χ3n) is 2.89. The summed E-state index contributed by atoms with van der Waals surface area (Å²) in [5, 5.41) is 11.8. The first kappa shape index (κ1) is 15.2. The average molecular weight is 349 g/mol.